The van der Waals surface area contributed by atoms with E-state index in [2.05, 4.69) is 0 Å². The van der Waals surface area contributed by atoms with Crippen LogP contribution in [0, 0.1) is 21.8 Å². The van der Waals surface area contributed by atoms with Crippen LogP contribution in [-0.4, -0.2) is 34.6 Å². The molecule has 0 aromatic heterocycles. The van der Waals surface area contributed by atoms with E-state index in [1.54, 1.807) is 11.0 Å². The Morgan fingerprint density at radius 3 is 2.42 bits per heavy atom. The summed E-state index contributed by atoms with van der Waals surface area (Å²) in [5.74, 6) is -1.41. The van der Waals surface area contributed by atoms with E-state index in [4.69, 9.17) is 0 Å². The van der Waals surface area contributed by atoms with Gasteiger partial charge in [-0.25, -0.2) is 4.39 Å². The molecule has 1 amide bonds. The molecule has 0 bridgehead atoms. The summed E-state index contributed by atoms with van der Waals surface area (Å²) in [5.41, 5.74) is 0.189. The lowest BCUT2D eigenvalue weighted by molar-refractivity contribution is -0.384. The SMILES string of the molecule is O=C(c1ccccc1F)C1CCN(C(=O)c2cccc([N+](=O)[O-])c2)CC1. The van der Waals surface area contributed by atoms with Crippen LogP contribution in [-0.2, 0) is 0 Å². The molecule has 6 nitrogen and oxygen atoms in total. The predicted molar refractivity (Wildman–Crippen MR) is 92.5 cm³/mol. The van der Waals surface area contributed by atoms with Crippen LogP contribution in [0.15, 0.2) is 48.5 Å². The molecule has 7 heteroatoms. The summed E-state index contributed by atoms with van der Waals surface area (Å²) in [6, 6.07) is 11.5. The first-order valence-electron chi connectivity index (χ1n) is 8.30. The Hall–Kier alpha value is -3.09. The molecule has 1 aliphatic heterocycles. The fourth-order valence-electron chi connectivity index (χ4n) is 3.16. The number of carbonyl (C=O) groups is 2. The number of amides is 1. The van der Waals surface area contributed by atoms with Gasteiger partial charge in [0.25, 0.3) is 11.6 Å². The highest BCUT2D eigenvalue weighted by Crippen LogP contribution is 2.24. The Balaban J connectivity index is 1.66. The van der Waals surface area contributed by atoms with E-state index in [0.717, 1.165) is 0 Å². The number of piperidine rings is 1. The maximum atomic E-state index is 13.8. The van der Waals surface area contributed by atoms with Crippen molar-refractivity contribution in [3.05, 3.63) is 75.6 Å². The quantitative estimate of drug-likeness (QED) is 0.477. The number of nitro groups is 1. The third-order valence-corrected chi connectivity index (χ3v) is 4.60. The first-order chi connectivity index (χ1) is 12.5. The molecule has 0 saturated carbocycles. The molecule has 3 rings (SSSR count). The molecule has 134 valence electrons. The van der Waals surface area contributed by atoms with Crippen LogP contribution in [0.5, 0.6) is 0 Å². The second-order valence-corrected chi connectivity index (χ2v) is 6.22. The summed E-state index contributed by atoms with van der Waals surface area (Å²) in [7, 11) is 0. The molecule has 0 N–H and O–H groups in total. The fraction of sp³-hybridized carbons (Fsp3) is 0.263. The van der Waals surface area contributed by atoms with E-state index >= 15 is 0 Å². The van der Waals surface area contributed by atoms with E-state index in [9.17, 15) is 24.1 Å². The number of likely N-dealkylation sites (tertiary alicyclic amines) is 1. The molecule has 1 aliphatic rings. The second kappa shape index (κ2) is 7.43. The van der Waals surface area contributed by atoms with Crippen molar-refractivity contribution < 1.29 is 18.9 Å². The number of rotatable bonds is 4. The molecule has 0 aliphatic carbocycles. The molecular formula is C19H17FN2O4. The minimum Gasteiger partial charge on any atom is -0.339 e. The standard InChI is InChI=1S/C19H17FN2O4/c20-17-7-2-1-6-16(17)18(23)13-8-10-21(11-9-13)19(24)14-4-3-5-15(12-14)22(25)26/h1-7,12-13H,8-11H2. The largest absolute Gasteiger partial charge is 0.339 e. The zero-order valence-corrected chi connectivity index (χ0v) is 13.9. The summed E-state index contributed by atoms with van der Waals surface area (Å²) in [4.78, 5) is 36.9. The summed E-state index contributed by atoms with van der Waals surface area (Å²) >= 11 is 0. The highest BCUT2D eigenvalue weighted by atomic mass is 19.1. The van der Waals surface area contributed by atoms with Gasteiger partial charge in [-0.15, -0.1) is 0 Å². The number of carbonyl (C=O) groups excluding carboxylic acids is 2. The Labute approximate surface area is 149 Å². The number of nitrogens with zero attached hydrogens (tertiary/aromatic N) is 2. The normalized spacial score (nSPS) is 14.9. The minimum atomic E-state index is -0.546. The highest BCUT2D eigenvalue weighted by molar-refractivity contribution is 5.98. The van der Waals surface area contributed by atoms with Crippen molar-refractivity contribution in [2.45, 2.75) is 12.8 Å². The van der Waals surface area contributed by atoms with Gasteiger partial charge in [-0.1, -0.05) is 18.2 Å². The van der Waals surface area contributed by atoms with Gasteiger partial charge in [0.2, 0.25) is 0 Å². The van der Waals surface area contributed by atoms with Crippen molar-refractivity contribution in [1.82, 2.24) is 4.90 Å². The minimum absolute atomic E-state index is 0.0796. The molecule has 1 saturated heterocycles. The third kappa shape index (κ3) is 3.61. The van der Waals surface area contributed by atoms with E-state index < -0.39 is 10.7 Å². The zero-order chi connectivity index (χ0) is 18.7. The van der Waals surface area contributed by atoms with Crippen LogP contribution in [0.1, 0.15) is 33.6 Å². The molecule has 1 heterocycles. The van der Waals surface area contributed by atoms with Crippen LogP contribution in [0.2, 0.25) is 0 Å². The number of halogens is 1. The maximum Gasteiger partial charge on any atom is 0.270 e. The van der Waals surface area contributed by atoms with Crippen molar-refractivity contribution in [3.8, 4) is 0 Å². The van der Waals surface area contributed by atoms with Gasteiger partial charge in [-0.2, -0.15) is 0 Å². The second-order valence-electron chi connectivity index (χ2n) is 6.22. The lowest BCUT2D eigenvalue weighted by Crippen LogP contribution is -2.40. The predicted octanol–water partition coefficient (Wildman–Crippen LogP) is 3.47. The number of benzene rings is 2. The lowest BCUT2D eigenvalue weighted by atomic mass is 9.88. The van der Waals surface area contributed by atoms with Crippen LogP contribution in [0.3, 0.4) is 0 Å². The van der Waals surface area contributed by atoms with Crippen molar-refractivity contribution in [2.75, 3.05) is 13.1 Å². The molecule has 0 unspecified atom stereocenters. The number of non-ortho nitro benzene ring substituents is 1. The Kier molecular flexibility index (Phi) is 5.06. The number of hydrogen-bond donors (Lipinski definition) is 0. The van der Waals surface area contributed by atoms with Gasteiger partial charge >= 0.3 is 0 Å². The van der Waals surface area contributed by atoms with E-state index in [0.29, 0.717) is 25.9 Å². The number of hydrogen-bond acceptors (Lipinski definition) is 4. The summed E-state index contributed by atoms with van der Waals surface area (Å²) in [5, 5.41) is 10.8. The first-order valence-corrected chi connectivity index (χ1v) is 8.30. The number of nitro benzene ring substituents is 1. The van der Waals surface area contributed by atoms with Crippen LogP contribution in [0.4, 0.5) is 10.1 Å². The third-order valence-electron chi connectivity index (χ3n) is 4.60. The van der Waals surface area contributed by atoms with Gasteiger partial charge in [0.15, 0.2) is 5.78 Å². The van der Waals surface area contributed by atoms with Crippen molar-refractivity contribution in [2.24, 2.45) is 5.92 Å². The van der Waals surface area contributed by atoms with Crippen LogP contribution < -0.4 is 0 Å². The molecule has 2 aromatic rings. The maximum absolute atomic E-state index is 13.8. The highest BCUT2D eigenvalue weighted by Gasteiger charge is 2.29. The van der Waals surface area contributed by atoms with Crippen molar-refractivity contribution in [3.63, 3.8) is 0 Å². The van der Waals surface area contributed by atoms with Gasteiger partial charge in [0.05, 0.1) is 10.5 Å². The first kappa shape index (κ1) is 17.7. The molecule has 0 spiro atoms. The van der Waals surface area contributed by atoms with E-state index in [1.807, 2.05) is 0 Å². The monoisotopic (exact) mass is 356 g/mol. The summed E-state index contributed by atoms with van der Waals surface area (Å²) in [6.07, 6.45) is 0.877. The summed E-state index contributed by atoms with van der Waals surface area (Å²) in [6.45, 7) is 0.707. The van der Waals surface area contributed by atoms with E-state index in [-0.39, 0.29) is 34.4 Å². The molecule has 2 aromatic carbocycles. The summed E-state index contributed by atoms with van der Waals surface area (Å²) < 4.78 is 13.8. The fourth-order valence-corrected chi connectivity index (χ4v) is 3.16. The number of ketones is 1. The topological polar surface area (TPSA) is 80.5 Å². The smallest absolute Gasteiger partial charge is 0.270 e. The van der Waals surface area contributed by atoms with E-state index in [1.165, 1.54) is 42.5 Å². The molecular weight excluding hydrogens is 339 g/mol. The van der Waals surface area contributed by atoms with Crippen molar-refractivity contribution in [1.29, 1.82) is 0 Å². The molecule has 1 fully saturated rings. The Bertz CT molecular complexity index is 860. The van der Waals surface area contributed by atoms with Gasteiger partial charge in [-0.05, 0) is 31.0 Å². The lowest BCUT2D eigenvalue weighted by Gasteiger charge is -2.31. The Morgan fingerprint density at radius 1 is 1.08 bits per heavy atom. The number of Topliss-reactive ketones (excluding diaryl/α,β-unsaturated/α-hetero) is 1. The molecule has 26 heavy (non-hydrogen) atoms. The average molecular weight is 356 g/mol. The zero-order valence-electron chi connectivity index (χ0n) is 13.9. The van der Waals surface area contributed by atoms with Gasteiger partial charge in [0.1, 0.15) is 5.82 Å². The van der Waals surface area contributed by atoms with Crippen molar-refractivity contribution >= 4 is 17.4 Å². The van der Waals surface area contributed by atoms with Gasteiger partial charge < -0.3 is 4.90 Å². The van der Waals surface area contributed by atoms with Gasteiger partial charge in [-0.3, -0.25) is 19.7 Å². The van der Waals surface area contributed by atoms with Crippen LogP contribution in [0.25, 0.3) is 0 Å². The van der Waals surface area contributed by atoms with Crippen LogP contribution >= 0.6 is 0 Å². The molecule has 0 radical (unpaired) electrons. The van der Waals surface area contributed by atoms with Gasteiger partial charge in [0, 0.05) is 36.7 Å². The average Bonchev–Trinajstić information content (AvgIpc) is 2.67. The Morgan fingerprint density at radius 2 is 1.77 bits per heavy atom. The molecule has 0 atom stereocenters.